The zero-order valence-electron chi connectivity index (χ0n) is 18.3. The lowest BCUT2D eigenvalue weighted by molar-refractivity contribution is -0.140. The Bertz CT molecular complexity index is 956. The molecule has 1 amide bonds. The number of piperidine rings is 1. The number of benzene rings is 1. The van der Waals surface area contributed by atoms with Gasteiger partial charge in [0.15, 0.2) is 0 Å². The van der Waals surface area contributed by atoms with E-state index >= 15 is 0 Å². The molecular formula is C21H31BrN4O6S. The van der Waals surface area contributed by atoms with Crippen molar-refractivity contribution in [2.45, 2.75) is 60.4 Å². The van der Waals surface area contributed by atoms with Gasteiger partial charge in [-0.3, -0.25) is 9.63 Å². The minimum Gasteiger partial charge on any atom is -0.479 e. The number of halogens is 1. The minimum absolute atomic E-state index is 0.0262. The Morgan fingerprint density at radius 1 is 1.24 bits per heavy atom. The van der Waals surface area contributed by atoms with Crippen LogP contribution in [0.1, 0.15) is 38.5 Å². The molecule has 0 aromatic heterocycles. The average Bonchev–Trinajstić information content (AvgIpc) is 3.23. The monoisotopic (exact) mass is 546 g/mol. The number of carboxylic acids is 1. The van der Waals surface area contributed by atoms with E-state index in [-0.39, 0.29) is 27.9 Å². The molecule has 0 saturated carbocycles. The lowest BCUT2D eigenvalue weighted by Crippen LogP contribution is -2.61. The molecule has 0 aliphatic carbocycles. The molecule has 2 aliphatic rings. The Morgan fingerprint density at radius 2 is 1.94 bits per heavy atom. The number of carboxylic acid groups (broad SMARTS) is 1. The molecule has 6 N–H and O–H groups in total. The summed E-state index contributed by atoms with van der Waals surface area (Å²) in [5.41, 5.74) is 8.82. The molecule has 12 heteroatoms. The molecule has 2 saturated heterocycles. The van der Waals surface area contributed by atoms with Crippen molar-refractivity contribution in [3.05, 3.63) is 28.7 Å². The molecule has 3 rings (SSSR count). The van der Waals surface area contributed by atoms with Gasteiger partial charge in [0.2, 0.25) is 20.6 Å². The van der Waals surface area contributed by atoms with Crippen molar-refractivity contribution in [2.24, 2.45) is 11.7 Å². The van der Waals surface area contributed by atoms with Gasteiger partial charge >= 0.3 is 5.97 Å². The van der Waals surface area contributed by atoms with Crippen LogP contribution in [-0.2, 0) is 24.3 Å². The van der Waals surface area contributed by atoms with E-state index < -0.39 is 33.1 Å². The van der Waals surface area contributed by atoms with Gasteiger partial charge in [-0.25, -0.2) is 13.2 Å². The quantitative estimate of drug-likeness (QED) is 0.287. The van der Waals surface area contributed by atoms with Crippen molar-refractivity contribution in [3.8, 4) is 0 Å². The van der Waals surface area contributed by atoms with Crippen LogP contribution in [0.25, 0.3) is 0 Å². The number of aliphatic carboxylic acids is 1. The molecule has 33 heavy (non-hydrogen) atoms. The number of hydrogen-bond acceptors (Lipinski definition) is 8. The van der Waals surface area contributed by atoms with E-state index in [2.05, 4.69) is 32.0 Å². The first kappa shape index (κ1) is 26.0. The number of rotatable bonds is 10. The first-order chi connectivity index (χ1) is 15.6. The summed E-state index contributed by atoms with van der Waals surface area (Å²) < 4.78 is 26.2. The summed E-state index contributed by atoms with van der Waals surface area (Å²) in [7, 11) is -4.51. The zero-order chi connectivity index (χ0) is 24.1. The second-order valence-corrected chi connectivity index (χ2v) is 11.7. The van der Waals surface area contributed by atoms with Crippen molar-refractivity contribution in [1.29, 1.82) is 0 Å². The predicted octanol–water partition coefficient (Wildman–Crippen LogP) is 0.911. The second kappa shape index (κ2) is 11.2. The summed E-state index contributed by atoms with van der Waals surface area (Å²) in [6, 6.07) is 5.94. The van der Waals surface area contributed by atoms with Crippen LogP contribution in [0, 0.1) is 5.92 Å². The molecule has 2 heterocycles. The standard InChI is InChI=1S/C21H31BrN4O6S/c22-17-3-1-2-4-18(17)33(30,31)21(23,20(28)29)13-25-19(27)12-16-11-15(26-32-16)6-5-14-7-9-24-10-8-14/h1-4,14-16,24,26H,5-13,23H2,(H,25,27)(H,28,29)/t15-,16+,21-/m0/s1. The van der Waals surface area contributed by atoms with Gasteiger partial charge in [-0.1, -0.05) is 12.1 Å². The molecule has 184 valence electrons. The molecule has 1 aromatic carbocycles. The number of nitrogens with one attached hydrogen (secondary N) is 3. The fourth-order valence-corrected chi connectivity index (χ4v) is 6.56. The van der Waals surface area contributed by atoms with E-state index in [0.29, 0.717) is 12.3 Å². The second-order valence-electron chi connectivity index (χ2n) is 8.67. The van der Waals surface area contributed by atoms with E-state index in [1.54, 1.807) is 6.07 Å². The molecule has 0 bridgehead atoms. The molecule has 0 unspecified atom stereocenters. The Labute approximate surface area is 202 Å². The van der Waals surface area contributed by atoms with Crippen LogP contribution < -0.4 is 21.8 Å². The van der Waals surface area contributed by atoms with E-state index in [9.17, 15) is 23.1 Å². The summed E-state index contributed by atoms with van der Waals surface area (Å²) in [4.78, 5) is 26.8. The fourth-order valence-electron chi connectivity index (χ4n) is 4.17. The number of carbonyl (C=O) groups excluding carboxylic acids is 1. The average molecular weight is 547 g/mol. The van der Waals surface area contributed by atoms with Gasteiger partial charge in [0.05, 0.1) is 24.0 Å². The number of amides is 1. The van der Waals surface area contributed by atoms with Crippen molar-refractivity contribution in [1.82, 2.24) is 16.1 Å². The highest BCUT2D eigenvalue weighted by molar-refractivity contribution is 9.10. The highest BCUT2D eigenvalue weighted by Gasteiger charge is 2.49. The topological polar surface area (TPSA) is 160 Å². The number of carbonyl (C=O) groups is 2. The van der Waals surface area contributed by atoms with Crippen LogP contribution in [0.4, 0.5) is 0 Å². The van der Waals surface area contributed by atoms with Crippen molar-refractivity contribution in [2.75, 3.05) is 19.6 Å². The molecule has 0 radical (unpaired) electrons. The fraction of sp³-hybridized carbons (Fsp3) is 0.619. The summed E-state index contributed by atoms with van der Waals surface area (Å²) in [6.45, 7) is 1.33. The third kappa shape index (κ3) is 6.31. The van der Waals surface area contributed by atoms with Gasteiger partial charge in [-0.15, -0.1) is 0 Å². The van der Waals surface area contributed by atoms with E-state index in [1.165, 1.54) is 31.0 Å². The molecule has 0 spiro atoms. The molecule has 2 aliphatic heterocycles. The largest absolute Gasteiger partial charge is 0.479 e. The molecule has 2 fully saturated rings. The third-order valence-corrected chi connectivity index (χ3v) is 9.43. The van der Waals surface area contributed by atoms with Crippen molar-refractivity contribution >= 4 is 37.6 Å². The van der Waals surface area contributed by atoms with Gasteiger partial charge in [0.1, 0.15) is 0 Å². The van der Waals surface area contributed by atoms with Gasteiger partial charge in [0.25, 0.3) is 0 Å². The maximum absolute atomic E-state index is 13.0. The van der Waals surface area contributed by atoms with E-state index in [4.69, 9.17) is 10.6 Å². The minimum atomic E-state index is -4.51. The highest BCUT2D eigenvalue weighted by Crippen LogP contribution is 2.29. The van der Waals surface area contributed by atoms with Crippen LogP contribution in [0.2, 0.25) is 0 Å². The van der Waals surface area contributed by atoms with Crippen LogP contribution in [0.3, 0.4) is 0 Å². The van der Waals surface area contributed by atoms with Crippen LogP contribution in [0.15, 0.2) is 33.6 Å². The van der Waals surface area contributed by atoms with Crippen LogP contribution in [0.5, 0.6) is 0 Å². The summed E-state index contributed by atoms with van der Waals surface area (Å²) in [5, 5.41) is 15.3. The Hall–Kier alpha value is -1.57. The first-order valence-corrected chi connectivity index (χ1v) is 13.3. The van der Waals surface area contributed by atoms with Crippen LogP contribution in [-0.4, -0.2) is 62.1 Å². The SMILES string of the molecule is N[C@](CNC(=O)C[C@H]1C[C@H](CCC2CCNCC2)NO1)(C(=O)O)S(=O)(=O)c1ccccc1Br. The molecule has 1 aromatic rings. The Balaban J connectivity index is 1.52. The smallest absolute Gasteiger partial charge is 0.341 e. The van der Waals surface area contributed by atoms with Crippen LogP contribution >= 0.6 is 15.9 Å². The lowest BCUT2D eigenvalue weighted by atomic mass is 9.90. The van der Waals surface area contributed by atoms with Gasteiger partial charge in [-0.05, 0) is 79.2 Å². The van der Waals surface area contributed by atoms with E-state index in [0.717, 1.165) is 25.9 Å². The first-order valence-electron chi connectivity index (χ1n) is 11.0. The third-order valence-electron chi connectivity index (χ3n) is 6.26. The highest BCUT2D eigenvalue weighted by atomic mass is 79.9. The van der Waals surface area contributed by atoms with Gasteiger partial charge in [0, 0.05) is 10.5 Å². The Kier molecular flexibility index (Phi) is 8.87. The summed E-state index contributed by atoms with van der Waals surface area (Å²) in [5.74, 6) is -1.58. The maximum atomic E-state index is 13.0. The maximum Gasteiger partial charge on any atom is 0.341 e. The predicted molar refractivity (Wildman–Crippen MR) is 125 cm³/mol. The number of nitrogens with two attached hydrogens (primary N) is 1. The molecular weight excluding hydrogens is 516 g/mol. The number of hydrogen-bond donors (Lipinski definition) is 5. The van der Waals surface area contributed by atoms with Gasteiger partial charge in [-0.2, -0.15) is 5.48 Å². The van der Waals surface area contributed by atoms with Crippen molar-refractivity contribution < 1.29 is 28.0 Å². The normalized spacial score (nSPS) is 23.7. The summed E-state index contributed by atoms with van der Waals surface area (Å²) in [6.07, 6.45) is 4.65. The number of sulfone groups is 1. The molecule has 3 atom stereocenters. The van der Waals surface area contributed by atoms with E-state index in [1.807, 2.05) is 0 Å². The van der Waals surface area contributed by atoms with Gasteiger partial charge < -0.3 is 21.5 Å². The Morgan fingerprint density at radius 3 is 2.61 bits per heavy atom. The summed E-state index contributed by atoms with van der Waals surface area (Å²) >= 11 is 3.11. The lowest BCUT2D eigenvalue weighted by Gasteiger charge is -2.25. The van der Waals surface area contributed by atoms with Crippen molar-refractivity contribution in [3.63, 3.8) is 0 Å². The molecule has 10 nitrogen and oxygen atoms in total. The number of hydroxylamine groups is 1. The zero-order valence-corrected chi connectivity index (χ0v) is 20.7.